The fraction of sp³-hybridized carbons (Fsp3) is 0.310. The van der Waals surface area contributed by atoms with E-state index in [1.807, 2.05) is 6.08 Å². The highest BCUT2D eigenvalue weighted by atomic mass is 15.1. The molecule has 168 valence electrons. The van der Waals surface area contributed by atoms with E-state index >= 15 is 0 Å². The zero-order chi connectivity index (χ0) is 22.9. The summed E-state index contributed by atoms with van der Waals surface area (Å²) >= 11 is 0. The number of hydrogen-bond donors (Lipinski definition) is 1. The zero-order valence-electron chi connectivity index (χ0n) is 19.7. The first-order chi connectivity index (χ1) is 15.5. The van der Waals surface area contributed by atoms with Crippen LogP contribution in [0.25, 0.3) is 11.6 Å². The van der Waals surface area contributed by atoms with E-state index in [1.165, 1.54) is 27.8 Å². The van der Waals surface area contributed by atoms with Gasteiger partial charge in [-0.1, -0.05) is 74.4 Å². The second kappa shape index (κ2) is 11.7. The lowest BCUT2D eigenvalue weighted by Crippen LogP contribution is -2.29. The molecular formula is C29H37N3. The predicted molar refractivity (Wildman–Crippen MR) is 139 cm³/mol. The number of benzene rings is 2. The molecule has 0 saturated heterocycles. The molecule has 0 saturated carbocycles. The molecule has 2 aromatic rings. The van der Waals surface area contributed by atoms with Gasteiger partial charge >= 0.3 is 0 Å². The topological polar surface area (TPSA) is 18.5 Å². The Bertz CT molecular complexity index is 958. The van der Waals surface area contributed by atoms with E-state index in [1.54, 1.807) is 6.20 Å². The molecule has 0 aliphatic carbocycles. The highest BCUT2D eigenvalue weighted by molar-refractivity contribution is 5.71. The first-order valence-electron chi connectivity index (χ1n) is 11.5. The van der Waals surface area contributed by atoms with Gasteiger partial charge in [-0.25, -0.2) is 0 Å². The smallest absolute Gasteiger partial charge is 0.0243 e. The van der Waals surface area contributed by atoms with Crippen molar-refractivity contribution in [3.05, 3.63) is 108 Å². The Labute approximate surface area is 194 Å². The first-order valence-corrected chi connectivity index (χ1v) is 11.5. The monoisotopic (exact) mass is 427 g/mol. The average molecular weight is 428 g/mol. The van der Waals surface area contributed by atoms with Gasteiger partial charge < -0.3 is 5.32 Å². The second-order valence-corrected chi connectivity index (χ2v) is 8.76. The number of nitrogens with zero attached hydrogens (tertiary/aromatic N) is 2. The zero-order valence-corrected chi connectivity index (χ0v) is 19.7. The maximum atomic E-state index is 4.05. The second-order valence-electron chi connectivity index (χ2n) is 8.76. The minimum atomic E-state index is 0.451. The van der Waals surface area contributed by atoms with Gasteiger partial charge in [0.1, 0.15) is 0 Å². The number of allylic oxidation sites excluding steroid dienone is 1. The van der Waals surface area contributed by atoms with Crippen LogP contribution in [0.4, 0.5) is 0 Å². The lowest BCUT2D eigenvalue weighted by Gasteiger charge is -2.26. The molecule has 3 nitrogen and oxygen atoms in total. The van der Waals surface area contributed by atoms with Crippen molar-refractivity contribution in [1.82, 2.24) is 15.1 Å². The summed E-state index contributed by atoms with van der Waals surface area (Å²) in [7, 11) is 2.20. The van der Waals surface area contributed by atoms with Crippen molar-refractivity contribution >= 4 is 11.6 Å². The standard InChI is InChI=1S/C29H37N3/c1-6-26-15-16-27(28-17-18-32(22-28)20-25-11-9-8-10-12-25)19-29(26)21-31(5)24(4)14-13-23(3)30-7-2/h6-12,15-17,19,24,30H,1-3,13-14,18,20-22H2,4-5H3. The lowest BCUT2D eigenvalue weighted by atomic mass is 9.98. The molecule has 1 aliphatic rings. The Hall–Kier alpha value is -2.88. The van der Waals surface area contributed by atoms with Crippen molar-refractivity contribution in [3.63, 3.8) is 0 Å². The lowest BCUT2D eigenvalue weighted by molar-refractivity contribution is 0.237. The third-order valence-corrected chi connectivity index (χ3v) is 6.31. The van der Waals surface area contributed by atoms with E-state index in [0.717, 1.165) is 44.7 Å². The Morgan fingerprint density at radius 3 is 2.69 bits per heavy atom. The molecule has 1 aliphatic heterocycles. The van der Waals surface area contributed by atoms with Crippen LogP contribution in [0, 0.1) is 0 Å². The van der Waals surface area contributed by atoms with Crippen LogP contribution in [0.1, 0.15) is 42.0 Å². The molecule has 0 fully saturated rings. The summed E-state index contributed by atoms with van der Waals surface area (Å²) in [6, 6.07) is 18.0. The molecule has 0 amide bonds. The molecule has 3 heteroatoms. The van der Waals surface area contributed by atoms with Crippen LogP contribution in [0.15, 0.2) is 86.2 Å². The van der Waals surface area contributed by atoms with Crippen LogP contribution < -0.4 is 5.32 Å². The van der Waals surface area contributed by atoms with Crippen molar-refractivity contribution < 1.29 is 0 Å². The molecule has 0 spiro atoms. The van der Waals surface area contributed by atoms with Crippen LogP contribution in [0.2, 0.25) is 0 Å². The number of hydrogen-bond acceptors (Lipinski definition) is 3. The van der Waals surface area contributed by atoms with Crippen molar-refractivity contribution in [2.24, 2.45) is 0 Å². The van der Waals surface area contributed by atoms with Crippen molar-refractivity contribution in [3.8, 4) is 0 Å². The van der Waals surface area contributed by atoms with Crippen LogP contribution in [-0.2, 0) is 13.1 Å². The van der Waals surface area contributed by atoms with E-state index in [-0.39, 0.29) is 0 Å². The van der Waals surface area contributed by atoms with Gasteiger partial charge in [-0.05, 0) is 66.9 Å². The number of nitrogens with one attached hydrogen (secondary N) is 1. The molecule has 1 N–H and O–H groups in total. The summed E-state index contributed by atoms with van der Waals surface area (Å²) in [5, 5.41) is 3.09. The first kappa shape index (κ1) is 23.8. The summed E-state index contributed by atoms with van der Waals surface area (Å²) < 4.78 is 0. The minimum Gasteiger partial charge on any atom is -0.366 e. The van der Waals surface area contributed by atoms with Crippen LogP contribution in [0.3, 0.4) is 0 Å². The molecule has 0 aromatic heterocycles. The predicted octanol–water partition coefficient (Wildman–Crippen LogP) is 6.08. The van der Waals surface area contributed by atoms with E-state index in [4.69, 9.17) is 0 Å². The Morgan fingerprint density at radius 2 is 1.97 bits per heavy atom. The summed E-state index contributed by atoms with van der Waals surface area (Å²) in [5.41, 5.74) is 7.67. The third-order valence-electron chi connectivity index (χ3n) is 6.31. The SMILES string of the molecule is C=CNC(=C)CCC(C)N(C)Cc1cc(C2=CCN(Cc3ccccc3)C2)ccc1C=C. The summed E-state index contributed by atoms with van der Waals surface area (Å²) in [5.74, 6) is 0. The van der Waals surface area contributed by atoms with Crippen LogP contribution in [-0.4, -0.2) is 36.0 Å². The van der Waals surface area contributed by atoms with Crippen molar-refractivity contribution in [2.45, 2.75) is 38.9 Å². The van der Waals surface area contributed by atoms with E-state index in [0.29, 0.717) is 6.04 Å². The van der Waals surface area contributed by atoms with E-state index in [9.17, 15) is 0 Å². The molecule has 0 radical (unpaired) electrons. The van der Waals surface area contributed by atoms with Gasteiger partial charge in [-0.15, -0.1) is 0 Å². The minimum absolute atomic E-state index is 0.451. The molecule has 1 heterocycles. The molecule has 2 aromatic carbocycles. The van der Waals surface area contributed by atoms with Gasteiger partial charge in [0.2, 0.25) is 0 Å². The molecule has 1 unspecified atom stereocenters. The largest absolute Gasteiger partial charge is 0.366 e. The van der Waals surface area contributed by atoms with Gasteiger partial charge in [0.15, 0.2) is 0 Å². The normalized spacial score (nSPS) is 14.8. The fourth-order valence-corrected chi connectivity index (χ4v) is 4.17. The summed E-state index contributed by atoms with van der Waals surface area (Å²) in [6.45, 7) is 18.0. The summed E-state index contributed by atoms with van der Waals surface area (Å²) in [4.78, 5) is 4.90. The maximum absolute atomic E-state index is 4.05. The average Bonchev–Trinajstić information content (AvgIpc) is 3.26. The van der Waals surface area contributed by atoms with Gasteiger partial charge in [-0.3, -0.25) is 9.80 Å². The van der Waals surface area contributed by atoms with Crippen LogP contribution in [0.5, 0.6) is 0 Å². The number of rotatable bonds is 12. The molecular weight excluding hydrogens is 390 g/mol. The highest BCUT2D eigenvalue weighted by Crippen LogP contribution is 2.26. The molecule has 1 atom stereocenters. The van der Waals surface area contributed by atoms with E-state index in [2.05, 4.69) is 103 Å². The van der Waals surface area contributed by atoms with Crippen LogP contribution >= 0.6 is 0 Å². The van der Waals surface area contributed by atoms with Gasteiger partial charge in [0, 0.05) is 37.9 Å². The maximum Gasteiger partial charge on any atom is 0.0243 e. The van der Waals surface area contributed by atoms with Crippen molar-refractivity contribution in [2.75, 3.05) is 20.1 Å². The van der Waals surface area contributed by atoms with Gasteiger partial charge in [-0.2, -0.15) is 0 Å². The van der Waals surface area contributed by atoms with E-state index < -0.39 is 0 Å². The Morgan fingerprint density at radius 1 is 1.19 bits per heavy atom. The molecule has 0 bridgehead atoms. The van der Waals surface area contributed by atoms with Gasteiger partial charge in [0.25, 0.3) is 0 Å². The molecule has 3 rings (SSSR count). The third kappa shape index (κ3) is 6.56. The molecule has 32 heavy (non-hydrogen) atoms. The van der Waals surface area contributed by atoms with Crippen molar-refractivity contribution in [1.29, 1.82) is 0 Å². The van der Waals surface area contributed by atoms with Gasteiger partial charge in [0.05, 0.1) is 0 Å². The quantitative estimate of drug-likeness (QED) is 0.443. The Balaban J connectivity index is 1.63. The Kier molecular flexibility index (Phi) is 8.66. The fourth-order valence-electron chi connectivity index (χ4n) is 4.17. The highest BCUT2D eigenvalue weighted by Gasteiger charge is 2.18. The summed E-state index contributed by atoms with van der Waals surface area (Å²) in [6.07, 6.45) is 8.03.